The highest BCUT2D eigenvalue weighted by Crippen LogP contribution is 2.26. The molecular formula is C27H32FN3O2. The Bertz CT molecular complexity index is 1010. The van der Waals surface area contributed by atoms with E-state index in [0.29, 0.717) is 23.7 Å². The van der Waals surface area contributed by atoms with Gasteiger partial charge in [0, 0.05) is 19.3 Å². The van der Waals surface area contributed by atoms with Crippen molar-refractivity contribution in [2.75, 3.05) is 26.7 Å². The number of amides is 1. The number of ether oxygens (including phenoxy) is 1. The van der Waals surface area contributed by atoms with Crippen LogP contribution in [0.3, 0.4) is 0 Å². The summed E-state index contributed by atoms with van der Waals surface area (Å²) in [6, 6.07) is 17.1. The number of halogens is 1. The minimum atomic E-state index is -0.301. The molecule has 0 aliphatic carbocycles. The normalized spacial score (nSPS) is 10.9. The molecule has 0 spiro atoms. The molecule has 33 heavy (non-hydrogen) atoms. The summed E-state index contributed by atoms with van der Waals surface area (Å²) in [4.78, 5) is 19.0. The SMILES string of the molecule is CCCCCCN(C)CCNC(=O)c1cc(-c2ccc(Oc3ccc(F)cc3)cc2)ccn1. The number of pyridine rings is 1. The maximum absolute atomic E-state index is 13.0. The van der Waals surface area contributed by atoms with Gasteiger partial charge in [0.25, 0.3) is 5.91 Å². The first-order valence-electron chi connectivity index (χ1n) is 11.5. The number of hydrogen-bond donors (Lipinski definition) is 1. The highest BCUT2D eigenvalue weighted by atomic mass is 19.1. The van der Waals surface area contributed by atoms with Gasteiger partial charge in [-0.25, -0.2) is 4.39 Å². The Balaban J connectivity index is 1.52. The number of unbranched alkanes of at least 4 members (excludes halogenated alkanes) is 3. The summed E-state index contributed by atoms with van der Waals surface area (Å²) in [7, 11) is 2.08. The fraction of sp³-hybridized carbons (Fsp3) is 0.333. The van der Waals surface area contributed by atoms with E-state index < -0.39 is 0 Å². The fourth-order valence-corrected chi connectivity index (χ4v) is 3.46. The van der Waals surface area contributed by atoms with Gasteiger partial charge in [0.05, 0.1) is 0 Å². The van der Waals surface area contributed by atoms with Crippen LogP contribution in [0.2, 0.25) is 0 Å². The molecule has 1 aromatic heterocycles. The quantitative estimate of drug-likeness (QED) is 0.349. The van der Waals surface area contributed by atoms with E-state index in [4.69, 9.17) is 4.74 Å². The Hall–Kier alpha value is -3.25. The van der Waals surface area contributed by atoms with Crippen LogP contribution in [0.5, 0.6) is 11.5 Å². The summed E-state index contributed by atoms with van der Waals surface area (Å²) in [6.07, 6.45) is 6.60. The van der Waals surface area contributed by atoms with Gasteiger partial charge in [-0.15, -0.1) is 0 Å². The second-order valence-electron chi connectivity index (χ2n) is 8.13. The van der Waals surface area contributed by atoms with Gasteiger partial charge in [-0.1, -0.05) is 38.3 Å². The van der Waals surface area contributed by atoms with E-state index in [0.717, 1.165) is 24.2 Å². The minimum Gasteiger partial charge on any atom is -0.457 e. The number of benzene rings is 2. The van der Waals surface area contributed by atoms with Gasteiger partial charge in [0.1, 0.15) is 23.0 Å². The van der Waals surface area contributed by atoms with Crippen LogP contribution in [-0.2, 0) is 0 Å². The second-order valence-corrected chi connectivity index (χ2v) is 8.13. The molecule has 1 N–H and O–H groups in total. The van der Waals surface area contributed by atoms with Crippen LogP contribution in [0, 0.1) is 5.82 Å². The molecule has 3 rings (SSSR count). The molecule has 0 unspecified atom stereocenters. The molecule has 0 fully saturated rings. The Kier molecular flexibility index (Phi) is 9.39. The number of rotatable bonds is 12. The Labute approximate surface area is 195 Å². The van der Waals surface area contributed by atoms with Crippen LogP contribution in [0.15, 0.2) is 66.9 Å². The third-order valence-electron chi connectivity index (χ3n) is 5.40. The molecule has 1 amide bonds. The monoisotopic (exact) mass is 449 g/mol. The van der Waals surface area contributed by atoms with Gasteiger partial charge in [-0.05, 0) is 79.7 Å². The molecule has 0 bridgehead atoms. The fourth-order valence-electron chi connectivity index (χ4n) is 3.46. The van der Waals surface area contributed by atoms with E-state index in [1.165, 1.54) is 37.8 Å². The molecule has 5 nitrogen and oxygen atoms in total. The molecule has 6 heteroatoms. The molecule has 174 valence electrons. The molecule has 1 heterocycles. The topological polar surface area (TPSA) is 54.5 Å². The summed E-state index contributed by atoms with van der Waals surface area (Å²) in [5.41, 5.74) is 2.24. The van der Waals surface area contributed by atoms with Crippen molar-refractivity contribution >= 4 is 5.91 Å². The molecule has 0 atom stereocenters. The van der Waals surface area contributed by atoms with Crippen molar-refractivity contribution < 1.29 is 13.9 Å². The van der Waals surface area contributed by atoms with Crippen molar-refractivity contribution in [3.05, 3.63) is 78.4 Å². The number of aromatic nitrogens is 1. The molecule has 3 aromatic rings. The average Bonchev–Trinajstić information content (AvgIpc) is 2.84. The summed E-state index contributed by atoms with van der Waals surface area (Å²) in [5.74, 6) is 0.743. The predicted octanol–water partition coefficient (Wildman–Crippen LogP) is 5.92. The average molecular weight is 450 g/mol. The van der Waals surface area contributed by atoms with Crippen LogP contribution in [0.1, 0.15) is 43.1 Å². The third-order valence-corrected chi connectivity index (χ3v) is 5.40. The highest BCUT2D eigenvalue weighted by Gasteiger charge is 2.09. The summed E-state index contributed by atoms with van der Waals surface area (Å²) in [6.45, 7) is 4.66. The van der Waals surface area contributed by atoms with Crippen LogP contribution >= 0.6 is 0 Å². The summed E-state index contributed by atoms with van der Waals surface area (Å²) in [5, 5.41) is 2.96. The standard InChI is InChI=1S/C27H32FN3O2/c1-3-4-5-6-18-31(2)19-17-30-27(32)26-20-22(15-16-29-26)21-7-11-24(12-8-21)33-25-13-9-23(28)10-14-25/h7-16,20H,3-6,17-19H2,1-2H3,(H,30,32). The lowest BCUT2D eigenvalue weighted by atomic mass is 10.1. The van der Waals surface area contributed by atoms with E-state index in [-0.39, 0.29) is 11.7 Å². The number of carbonyl (C=O) groups is 1. The van der Waals surface area contributed by atoms with Crippen LogP contribution in [0.4, 0.5) is 4.39 Å². The molecule has 0 aliphatic rings. The zero-order valence-electron chi connectivity index (χ0n) is 19.4. The predicted molar refractivity (Wildman–Crippen MR) is 130 cm³/mol. The molecule has 0 saturated heterocycles. The van der Waals surface area contributed by atoms with Crippen LogP contribution in [-0.4, -0.2) is 42.5 Å². The van der Waals surface area contributed by atoms with Gasteiger partial charge in [0.15, 0.2) is 0 Å². The second kappa shape index (κ2) is 12.7. The lowest BCUT2D eigenvalue weighted by Gasteiger charge is -2.16. The Morgan fingerprint density at radius 3 is 2.33 bits per heavy atom. The summed E-state index contributed by atoms with van der Waals surface area (Å²) >= 11 is 0. The van der Waals surface area contributed by atoms with E-state index in [2.05, 4.69) is 29.2 Å². The maximum atomic E-state index is 13.0. The van der Waals surface area contributed by atoms with Gasteiger partial charge in [-0.2, -0.15) is 0 Å². The van der Waals surface area contributed by atoms with Gasteiger partial charge >= 0.3 is 0 Å². The van der Waals surface area contributed by atoms with Gasteiger partial charge < -0.3 is 15.0 Å². The lowest BCUT2D eigenvalue weighted by Crippen LogP contribution is -2.33. The lowest BCUT2D eigenvalue weighted by molar-refractivity contribution is 0.0945. The molecule has 0 radical (unpaired) electrons. The number of hydrogen-bond acceptors (Lipinski definition) is 4. The van der Waals surface area contributed by atoms with Crippen molar-refractivity contribution in [2.45, 2.75) is 32.6 Å². The number of nitrogens with one attached hydrogen (secondary N) is 1. The van der Waals surface area contributed by atoms with Crippen molar-refractivity contribution in [3.8, 4) is 22.6 Å². The number of likely N-dealkylation sites (N-methyl/N-ethyl adjacent to an activating group) is 1. The maximum Gasteiger partial charge on any atom is 0.269 e. The number of nitrogens with zero attached hydrogens (tertiary/aromatic N) is 2. The van der Waals surface area contributed by atoms with E-state index in [1.54, 1.807) is 24.4 Å². The molecular weight excluding hydrogens is 417 g/mol. The third kappa shape index (κ3) is 7.99. The molecule has 0 aliphatic heterocycles. The Morgan fingerprint density at radius 2 is 1.64 bits per heavy atom. The first-order chi connectivity index (χ1) is 16.0. The summed E-state index contributed by atoms with van der Waals surface area (Å²) < 4.78 is 18.8. The van der Waals surface area contributed by atoms with Crippen molar-refractivity contribution in [1.29, 1.82) is 0 Å². The van der Waals surface area contributed by atoms with Crippen molar-refractivity contribution in [3.63, 3.8) is 0 Å². The van der Waals surface area contributed by atoms with Crippen molar-refractivity contribution in [1.82, 2.24) is 15.2 Å². The van der Waals surface area contributed by atoms with Crippen LogP contribution in [0.25, 0.3) is 11.1 Å². The smallest absolute Gasteiger partial charge is 0.269 e. The minimum absolute atomic E-state index is 0.174. The zero-order chi connectivity index (χ0) is 23.5. The molecule has 2 aromatic carbocycles. The van der Waals surface area contributed by atoms with E-state index in [9.17, 15) is 9.18 Å². The first kappa shape index (κ1) is 24.4. The highest BCUT2D eigenvalue weighted by molar-refractivity contribution is 5.93. The Morgan fingerprint density at radius 1 is 0.939 bits per heavy atom. The first-order valence-corrected chi connectivity index (χ1v) is 11.5. The zero-order valence-corrected chi connectivity index (χ0v) is 19.4. The molecule has 0 saturated carbocycles. The van der Waals surface area contributed by atoms with Crippen molar-refractivity contribution in [2.24, 2.45) is 0 Å². The van der Waals surface area contributed by atoms with Gasteiger partial charge in [-0.3, -0.25) is 9.78 Å². The van der Waals surface area contributed by atoms with Gasteiger partial charge in [0.2, 0.25) is 0 Å². The largest absolute Gasteiger partial charge is 0.457 e. The van der Waals surface area contributed by atoms with Crippen LogP contribution < -0.4 is 10.1 Å². The van der Waals surface area contributed by atoms with E-state index in [1.807, 2.05) is 30.3 Å². The van der Waals surface area contributed by atoms with E-state index >= 15 is 0 Å². The number of carbonyl (C=O) groups excluding carboxylic acids is 1.